The van der Waals surface area contributed by atoms with Gasteiger partial charge in [0.2, 0.25) is 0 Å². The number of carbonyl (C=O) groups is 1. The van der Waals surface area contributed by atoms with E-state index in [0.29, 0.717) is 17.1 Å². The standard InChI is InChI=1S/C22H16BrN3O/c23-17-10-6-7-15(13-17)14-20(26-22(27)16-8-2-1-3-9-16)21-24-18-11-4-5-12-19(18)25-21/h1-14H,(H,24,25)(H,26,27). The number of aromatic amines is 1. The van der Waals surface area contributed by atoms with Crippen molar-refractivity contribution in [1.82, 2.24) is 15.3 Å². The number of para-hydroxylation sites is 2. The molecule has 0 spiro atoms. The lowest BCUT2D eigenvalue weighted by molar-refractivity contribution is 0.0973. The molecule has 0 unspecified atom stereocenters. The van der Waals surface area contributed by atoms with E-state index in [2.05, 4.69) is 31.2 Å². The second-order valence-electron chi connectivity index (χ2n) is 6.04. The summed E-state index contributed by atoms with van der Waals surface area (Å²) in [7, 11) is 0. The summed E-state index contributed by atoms with van der Waals surface area (Å²) in [5.41, 5.74) is 3.92. The van der Waals surface area contributed by atoms with Crippen LogP contribution in [0.2, 0.25) is 0 Å². The third kappa shape index (κ3) is 3.99. The Morgan fingerprint density at radius 2 is 1.74 bits per heavy atom. The highest BCUT2D eigenvalue weighted by atomic mass is 79.9. The molecule has 1 aromatic heterocycles. The van der Waals surface area contributed by atoms with E-state index in [4.69, 9.17) is 0 Å². The van der Waals surface area contributed by atoms with Crippen LogP contribution in [0.5, 0.6) is 0 Å². The van der Waals surface area contributed by atoms with Crippen LogP contribution in [0, 0.1) is 0 Å². The molecule has 0 bridgehead atoms. The Balaban J connectivity index is 1.76. The van der Waals surface area contributed by atoms with Gasteiger partial charge in [0.25, 0.3) is 5.91 Å². The summed E-state index contributed by atoms with van der Waals surface area (Å²) in [4.78, 5) is 20.6. The maximum atomic E-state index is 12.7. The fraction of sp³-hybridized carbons (Fsp3) is 0. The van der Waals surface area contributed by atoms with Gasteiger partial charge in [0.15, 0.2) is 5.82 Å². The smallest absolute Gasteiger partial charge is 0.255 e. The SMILES string of the molecule is O=C(NC(=Cc1cccc(Br)c1)c1nc2ccccc2[nH]1)c1ccccc1. The van der Waals surface area contributed by atoms with Gasteiger partial charge in [-0.2, -0.15) is 0 Å². The monoisotopic (exact) mass is 417 g/mol. The Morgan fingerprint density at radius 1 is 0.963 bits per heavy atom. The maximum Gasteiger partial charge on any atom is 0.255 e. The van der Waals surface area contributed by atoms with Gasteiger partial charge in [-0.25, -0.2) is 4.98 Å². The van der Waals surface area contributed by atoms with Crippen LogP contribution in [-0.2, 0) is 0 Å². The van der Waals surface area contributed by atoms with Gasteiger partial charge in [0, 0.05) is 10.0 Å². The zero-order chi connectivity index (χ0) is 18.6. The lowest BCUT2D eigenvalue weighted by atomic mass is 10.1. The van der Waals surface area contributed by atoms with E-state index in [-0.39, 0.29) is 5.91 Å². The van der Waals surface area contributed by atoms with Crippen molar-refractivity contribution in [3.63, 3.8) is 0 Å². The average molecular weight is 418 g/mol. The largest absolute Gasteiger partial charge is 0.337 e. The summed E-state index contributed by atoms with van der Waals surface area (Å²) >= 11 is 3.48. The highest BCUT2D eigenvalue weighted by Crippen LogP contribution is 2.20. The molecule has 5 heteroatoms. The minimum atomic E-state index is -0.183. The number of amides is 1. The molecule has 1 heterocycles. The van der Waals surface area contributed by atoms with Crippen LogP contribution >= 0.6 is 15.9 Å². The molecule has 4 nitrogen and oxygen atoms in total. The number of fused-ring (bicyclic) bond motifs is 1. The summed E-state index contributed by atoms with van der Waals surface area (Å²) in [6.07, 6.45) is 1.91. The van der Waals surface area contributed by atoms with Gasteiger partial charge in [0.05, 0.1) is 16.7 Å². The van der Waals surface area contributed by atoms with E-state index in [0.717, 1.165) is 21.1 Å². The number of H-pyrrole nitrogens is 1. The van der Waals surface area contributed by atoms with E-state index in [1.165, 1.54) is 0 Å². The lowest BCUT2D eigenvalue weighted by Crippen LogP contribution is -2.22. The molecule has 2 N–H and O–H groups in total. The summed E-state index contributed by atoms with van der Waals surface area (Å²) in [5.74, 6) is 0.428. The fourth-order valence-electron chi connectivity index (χ4n) is 2.79. The van der Waals surface area contributed by atoms with Crippen LogP contribution in [0.4, 0.5) is 0 Å². The summed E-state index contributed by atoms with van der Waals surface area (Å²) < 4.78 is 0.967. The Morgan fingerprint density at radius 3 is 2.52 bits per heavy atom. The topological polar surface area (TPSA) is 57.8 Å². The molecule has 27 heavy (non-hydrogen) atoms. The highest BCUT2D eigenvalue weighted by molar-refractivity contribution is 9.10. The van der Waals surface area contributed by atoms with Crippen molar-refractivity contribution >= 4 is 44.6 Å². The molecule has 0 aliphatic carbocycles. The van der Waals surface area contributed by atoms with Crippen molar-refractivity contribution in [2.24, 2.45) is 0 Å². The van der Waals surface area contributed by atoms with E-state index in [9.17, 15) is 4.79 Å². The van der Waals surface area contributed by atoms with Crippen molar-refractivity contribution < 1.29 is 4.79 Å². The number of hydrogen-bond donors (Lipinski definition) is 2. The predicted octanol–water partition coefficient (Wildman–Crippen LogP) is 5.25. The van der Waals surface area contributed by atoms with Crippen molar-refractivity contribution in [3.05, 3.63) is 100 Å². The highest BCUT2D eigenvalue weighted by Gasteiger charge is 2.13. The first-order valence-corrected chi connectivity index (χ1v) is 9.27. The van der Waals surface area contributed by atoms with Crippen molar-refractivity contribution in [2.45, 2.75) is 0 Å². The van der Waals surface area contributed by atoms with E-state index in [1.54, 1.807) is 12.1 Å². The van der Waals surface area contributed by atoms with Gasteiger partial charge in [-0.05, 0) is 48.0 Å². The number of nitrogens with one attached hydrogen (secondary N) is 2. The van der Waals surface area contributed by atoms with Gasteiger partial charge in [-0.3, -0.25) is 4.79 Å². The maximum absolute atomic E-state index is 12.7. The predicted molar refractivity (Wildman–Crippen MR) is 112 cm³/mol. The Labute approximate surface area is 165 Å². The van der Waals surface area contributed by atoms with Gasteiger partial charge in [-0.1, -0.05) is 58.4 Å². The molecule has 4 rings (SSSR count). The van der Waals surface area contributed by atoms with Crippen LogP contribution in [0.15, 0.2) is 83.3 Å². The molecule has 0 aliphatic heterocycles. The van der Waals surface area contributed by atoms with Gasteiger partial charge in [0.1, 0.15) is 0 Å². The van der Waals surface area contributed by atoms with Crippen LogP contribution in [0.25, 0.3) is 22.8 Å². The molecule has 0 saturated carbocycles. The summed E-state index contributed by atoms with van der Waals surface area (Å²) in [6.45, 7) is 0. The summed E-state index contributed by atoms with van der Waals surface area (Å²) in [5, 5.41) is 2.99. The van der Waals surface area contributed by atoms with Crippen LogP contribution in [0.3, 0.4) is 0 Å². The molecule has 0 saturated heterocycles. The number of halogens is 1. The minimum absolute atomic E-state index is 0.183. The molecule has 1 amide bonds. The van der Waals surface area contributed by atoms with Crippen LogP contribution in [-0.4, -0.2) is 15.9 Å². The van der Waals surface area contributed by atoms with Crippen molar-refractivity contribution in [2.75, 3.05) is 0 Å². The third-order valence-electron chi connectivity index (χ3n) is 4.09. The molecule has 4 aromatic rings. The first kappa shape index (κ1) is 17.2. The van der Waals surface area contributed by atoms with Gasteiger partial charge >= 0.3 is 0 Å². The number of rotatable bonds is 4. The third-order valence-corrected chi connectivity index (χ3v) is 4.58. The van der Waals surface area contributed by atoms with Crippen molar-refractivity contribution in [3.8, 4) is 0 Å². The zero-order valence-electron chi connectivity index (χ0n) is 14.3. The van der Waals surface area contributed by atoms with Gasteiger partial charge < -0.3 is 10.3 Å². The van der Waals surface area contributed by atoms with Crippen molar-refractivity contribution in [1.29, 1.82) is 0 Å². The molecule has 0 aliphatic rings. The molecular weight excluding hydrogens is 402 g/mol. The number of carbonyl (C=O) groups excluding carboxylic acids is 1. The molecular formula is C22H16BrN3O. The first-order chi connectivity index (χ1) is 13.2. The number of aromatic nitrogens is 2. The first-order valence-electron chi connectivity index (χ1n) is 8.48. The van der Waals surface area contributed by atoms with E-state index in [1.807, 2.05) is 72.8 Å². The Kier molecular flexibility index (Phi) is 4.85. The quantitative estimate of drug-likeness (QED) is 0.476. The number of imidazole rings is 1. The van der Waals surface area contributed by atoms with Crippen LogP contribution in [0.1, 0.15) is 21.7 Å². The fourth-order valence-corrected chi connectivity index (χ4v) is 3.21. The number of hydrogen-bond acceptors (Lipinski definition) is 2. The Hall–Kier alpha value is -3.18. The zero-order valence-corrected chi connectivity index (χ0v) is 15.9. The Bertz CT molecular complexity index is 1100. The number of benzene rings is 3. The molecule has 0 atom stereocenters. The van der Waals surface area contributed by atoms with E-state index >= 15 is 0 Å². The number of nitrogens with zero attached hydrogens (tertiary/aromatic N) is 1. The summed E-state index contributed by atoms with van der Waals surface area (Å²) in [6, 6.07) is 24.8. The molecule has 132 valence electrons. The molecule has 0 fully saturated rings. The van der Waals surface area contributed by atoms with Gasteiger partial charge in [-0.15, -0.1) is 0 Å². The van der Waals surface area contributed by atoms with E-state index < -0.39 is 0 Å². The normalized spacial score (nSPS) is 11.5. The second kappa shape index (κ2) is 7.60. The minimum Gasteiger partial charge on any atom is -0.337 e. The lowest BCUT2D eigenvalue weighted by Gasteiger charge is -2.08. The molecule has 3 aromatic carbocycles. The second-order valence-corrected chi connectivity index (χ2v) is 6.95. The van der Waals surface area contributed by atoms with Crippen LogP contribution < -0.4 is 5.32 Å². The average Bonchev–Trinajstić information content (AvgIpc) is 3.12. The molecule has 0 radical (unpaired) electrons.